The summed E-state index contributed by atoms with van der Waals surface area (Å²) in [7, 11) is 0. The van der Waals surface area contributed by atoms with Crippen LogP contribution in [0.15, 0.2) is 30.3 Å². The monoisotopic (exact) mass is 279 g/mol. The van der Waals surface area contributed by atoms with Gasteiger partial charge in [0.25, 0.3) is 0 Å². The first-order chi connectivity index (χ1) is 8.56. The number of hydrogen-bond donors (Lipinski definition) is 1. The standard InChI is InChI=1S/C15H18ClNS/c1-10(2)17-9-12-4-5-13(11(3)8-12)14-6-7-15(16)18-14/h4-8,10,17H,9H2,1-3H3. The fourth-order valence-electron chi connectivity index (χ4n) is 1.89. The molecule has 1 N–H and O–H groups in total. The highest BCUT2D eigenvalue weighted by molar-refractivity contribution is 7.19. The van der Waals surface area contributed by atoms with E-state index in [-0.39, 0.29) is 0 Å². The number of benzene rings is 1. The number of halogens is 1. The summed E-state index contributed by atoms with van der Waals surface area (Å²) in [6.07, 6.45) is 0. The predicted molar refractivity (Wildman–Crippen MR) is 81.5 cm³/mol. The lowest BCUT2D eigenvalue weighted by Gasteiger charge is -2.10. The van der Waals surface area contributed by atoms with Crippen LogP contribution in [-0.2, 0) is 6.54 Å². The van der Waals surface area contributed by atoms with Gasteiger partial charge in [-0.1, -0.05) is 43.6 Å². The van der Waals surface area contributed by atoms with Crippen molar-refractivity contribution in [3.05, 3.63) is 45.8 Å². The molecular weight excluding hydrogens is 262 g/mol. The smallest absolute Gasteiger partial charge is 0.0934 e. The summed E-state index contributed by atoms with van der Waals surface area (Å²) in [5.41, 5.74) is 3.91. The second kappa shape index (κ2) is 5.87. The summed E-state index contributed by atoms with van der Waals surface area (Å²) in [5.74, 6) is 0. The normalized spacial score (nSPS) is 11.2. The van der Waals surface area contributed by atoms with Gasteiger partial charge in [-0.25, -0.2) is 0 Å². The van der Waals surface area contributed by atoms with Gasteiger partial charge in [-0.2, -0.15) is 0 Å². The van der Waals surface area contributed by atoms with Crippen molar-refractivity contribution in [2.24, 2.45) is 0 Å². The first kappa shape index (κ1) is 13.6. The number of rotatable bonds is 4. The molecule has 3 heteroatoms. The minimum atomic E-state index is 0.515. The molecule has 0 aliphatic carbocycles. The average molecular weight is 280 g/mol. The Morgan fingerprint density at radius 3 is 2.56 bits per heavy atom. The second-order valence-corrected chi connectivity index (χ2v) is 6.50. The molecule has 0 aliphatic heterocycles. The molecule has 96 valence electrons. The van der Waals surface area contributed by atoms with Crippen molar-refractivity contribution in [3.63, 3.8) is 0 Å². The topological polar surface area (TPSA) is 12.0 Å². The third kappa shape index (κ3) is 3.35. The van der Waals surface area contributed by atoms with E-state index >= 15 is 0 Å². The summed E-state index contributed by atoms with van der Waals surface area (Å²) in [6, 6.07) is 11.2. The van der Waals surface area contributed by atoms with Gasteiger partial charge in [0.2, 0.25) is 0 Å². The molecule has 0 spiro atoms. The van der Waals surface area contributed by atoms with Crippen molar-refractivity contribution >= 4 is 22.9 Å². The van der Waals surface area contributed by atoms with Gasteiger partial charge in [-0.15, -0.1) is 11.3 Å². The molecule has 1 heterocycles. The third-order valence-electron chi connectivity index (χ3n) is 2.84. The molecule has 0 fully saturated rings. The lowest BCUT2D eigenvalue weighted by atomic mass is 10.0. The molecule has 1 aromatic heterocycles. The highest BCUT2D eigenvalue weighted by Gasteiger charge is 2.06. The molecule has 0 aliphatic rings. The summed E-state index contributed by atoms with van der Waals surface area (Å²) in [4.78, 5) is 1.24. The fourth-order valence-corrected chi connectivity index (χ4v) is 3.03. The van der Waals surface area contributed by atoms with Crippen LogP contribution in [0.5, 0.6) is 0 Å². The number of hydrogen-bond acceptors (Lipinski definition) is 2. The first-order valence-electron chi connectivity index (χ1n) is 6.15. The van der Waals surface area contributed by atoms with E-state index in [1.165, 1.54) is 21.6 Å². The zero-order valence-corrected chi connectivity index (χ0v) is 12.5. The SMILES string of the molecule is Cc1cc(CNC(C)C)ccc1-c1ccc(Cl)s1. The fraction of sp³-hybridized carbons (Fsp3) is 0.333. The molecule has 0 radical (unpaired) electrons. The Morgan fingerprint density at radius 1 is 1.22 bits per heavy atom. The van der Waals surface area contributed by atoms with Crippen molar-refractivity contribution in [2.45, 2.75) is 33.4 Å². The average Bonchev–Trinajstić information content (AvgIpc) is 2.73. The van der Waals surface area contributed by atoms with Crippen LogP contribution >= 0.6 is 22.9 Å². The van der Waals surface area contributed by atoms with E-state index in [2.05, 4.69) is 50.4 Å². The van der Waals surface area contributed by atoms with Gasteiger partial charge >= 0.3 is 0 Å². The van der Waals surface area contributed by atoms with Gasteiger partial charge in [0, 0.05) is 17.5 Å². The van der Waals surface area contributed by atoms with E-state index in [4.69, 9.17) is 11.6 Å². The molecule has 0 amide bonds. The molecule has 0 saturated heterocycles. The first-order valence-corrected chi connectivity index (χ1v) is 7.34. The van der Waals surface area contributed by atoms with Crippen molar-refractivity contribution < 1.29 is 0 Å². The maximum Gasteiger partial charge on any atom is 0.0934 e. The van der Waals surface area contributed by atoms with Crippen molar-refractivity contribution in [2.75, 3.05) is 0 Å². The third-order valence-corrected chi connectivity index (χ3v) is 4.11. The molecule has 0 saturated carbocycles. The Hall–Kier alpha value is -0.830. The summed E-state index contributed by atoms with van der Waals surface area (Å²) >= 11 is 7.62. The molecule has 0 atom stereocenters. The summed E-state index contributed by atoms with van der Waals surface area (Å²) < 4.78 is 0.843. The van der Waals surface area contributed by atoms with E-state index in [9.17, 15) is 0 Å². The van der Waals surface area contributed by atoms with Gasteiger partial charge < -0.3 is 5.32 Å². The Kier molecular flexibility index (Phi) is 4.44. The molecule has 18 heavy (non-hydrogen) atoms. The van der Waals surface area contributed by atoms with Gasteiger partial charge in [0.05, 0.1) is 4.34 Å². The molecule has 2 rings (SSSR count). The van der Waals surface area contributed by atoms with Crippen LogP contribution in [0.3, 0.4) is 0 Å². The Balaban J connectivity index is 2.20. The molecule has 1 aromatic carbocycles. The molecule has 0 bridgehead atoms. The number of thiophene rings is 1. The highest BCUT2D eigenvalue weighted by Crippen LogP contribution is 2.33. The largest absolute Gasteiger partial charge is 0.310 e. The van der Waals surface area contributed by atoms with Gasteiger partial charge in [0.15, 0.2) is 0 Å². The Bertz CT molecular complexity index is 531. The van der Waals surface area contributed by atoms with Crippen molar-refractivity contribution in [1.82, 2.24) is 5.32 Å². The minimum Gasteiger partial charge on any atom is -0.310 e. The maximum atomic E-state index is 5.99. The molecule has 0 unspecified atom stereocenters. The number of nitrogens with one attached hydrogen (secondary N) is 1. The van der Waals surface area contributed by atoms with E-state index in [0.717, 1.165) is 10.9 Å². The zero-order valence-electron chi connectivity index (χ0n) is 11.0. The van der Waals surface area contributed by atoms with E-state index < -0.39 is 0 Å². The quantitative estimate of drug-likeness (QED) is 0.841. The van der Waals surface area contributed by atoms with Crippen LogP contribution < -0.4 is 5.32 Å². The van der Waals surface area contributed by atoms with Gasteiger partial charge in [-0.05, 0) is 35.7 Å². The lowest BCUT2D eigenvalue weighted by Crippen LogP contribution is -2.21. The van der Waals surface area contributed by atoms with Crippen molar-refractivity contribution in [1.29, 1.82) is 0 Å². The highest BCUT2D eigenvalue weighted by atomic mass is 35.5. The van der Waals surface area contributed by atoms with Crippen molar-refractivity contribution in [3.8, 4) is 10.4 Å². The van der Waals surface area contributed by atoms with Crippen LogP contribution in [0, 0.1) is 6.92 Å². The minimum absolute atomic E-state index is 0.515. The Morgan fingerprint density at radius 2 is 2.00 bits per heavy atom. The second-order valence-electron chi connectivity index (χ2n) is 4.79. The van der Waals surface area contributed by atoms with E-state index in [0.29, 0.717) is 6.04 Å². The lowest BCUT2D eigenvalue weighted by molar-refractivity contribution is 0.589. The number of aryl methyl sites for hydroxylation is 1. The van der Waals surface area contributed by atoms with E-state index in [1.54, 1.807) is 11.3 Å². The molecular formula is C15H18ClNS. The zero-order chi connectivity index (χ0) is 13.1. The predicted octanol–water partition coefficient (Wildman–Crippen LogP) is 4.87. The van der Waals surface area contributed by atoms with E-state index in [1.807, 2.05) is 6.07 Å². The Labute approximate surface area is 118 Å². The summed E-state index contributed by atoms with van der Waals surface area (Å²) in [6.45, 7) is 7.40. The van der Waals surface area contributed by atoms with Crippen LogP contribution in [0.25, 0.3) is 10.4 Å². The maximum absolute atomic E-state index is 5.99. The van der Waals surface area contributed by atoms with Crippen LogP contribution in [0.2, 0.25) is 4.34 Å². The molecule has 1 nitrogen and oxygen atoms in total. The van der Waals surface area contributed by atoms with Crippen LogP contribution in [0.4, 0.5) is 0 Å². The van der Waals surface area contributed by atoms with Gasteiger partial charge in [-0.3, -0.25) is 0 Å². The summed E-state index contributed by atoms with van der Waals surface area (Å²) in [5, 5.41) is 3.43. The van der Waals surface area contributed by atoms with Crippen LogP contribution in [0.1, 0.15) is 25.0 Å². The van der Waals surface area contributed by atoms with Crippen LogP contribution in [-0.4, -0.2) is 6.04 Å². The van der Waals surface area contributed by atoms with Gasteiger partial charge in [0.1, 0.15) is 0 Å². The molecule has 2 aromatic rings.